The Morgan fingerprint density at radius 3 is 2.96 bits per heavy atom. The molecular weight excluding hydrogens is 294 g/mol. The van der Waals surface area contributed by atoms with Crippen LogP contribution in [0, 0.1) is 5.92 Å². The van der Waals surface area contributed by atoms with Crippen molar-refractivity contribution in [3.63, 3.8) is 0 Å². The smallest absolute Gasteiger partial charge is 0.276 e. The van der Waals surface area contributed by atoms with E-state index in [-0.39, 0.29) is 5.91 Å². The molecule has 0 spiro atoms. The van der Waals surface area contributed by atoms with Gasteiger partial charge in [0.15, 0.2) is 12.1 Å². The lowest BCUT2D eigenvalue weighted by molar-refractivity contribution is 0.0702. The first-order valence-corrected chi connectivity index (χ1v) is 8.20. The Kier molecular flexibility index (Phi) is 3.87. The first-order chi connectivity index (χ1) is 11.3. The highest BCUT2D eigenvalue weighted by Gasteiger charge is 2.29. The topological polar surface area (TPSA) is 67.4 Å². The number of amides is 1. The lowest BCUT2D eigenvalue weighted by atomic mass is 10.1. The summed E-state index contributed by atoms with van der Waals surface area (Å²) in [6.45, 7) is 5.51. The minimum absolute atomic E-state index is 0.0696. The van der Waals surface area contributed by atoms with Crippen molar-refractivity contribution in [2.24, 2.45) is 5.92 Å². The van der Waals surface area contributed by atoms with Crippen molar-refractivity contribution in [3.8, 4) is 0 Å². The summed E-state index contributed by atoms with van der Waals surface area (Å²) >= 11 is 0. The number of aromatic nitrogens is 3. The van der Waals surface area contributed by atoms with Crippen LogP contribution in [0.15, 0.2) is 29.3 Å². The van der Waals surface area contributed by atoms with Crippen LogP contribution in [0.1, 0.15) is 29.0 Å². The first-order valence-electron chi connectivity index (χ1n) is 8.20. The van der Waals surface area contributed by atoms with Crippen LogP contribution in [-0.2, 0) is 13.1 Å². The van der Waals surface area contributed by atoms with Crippen molar-refractivity contribution in [2.45, 2.75) is 25.9 Å². The number of carbonyl (C=O) groups is 1. The molecule has 4 heterocycles. The highest BCUT2D eigenvalue weighted by atomic mass is 16.3. The molecule has 0 saturated carbocycles. The zero-order valence-corrected chi connectivity index (χ0v) is 13.1. The molecule has 0 bridgehead atoms. The Balaban J connectivity index is 1.55. The van der Waals surface area contributed by atoms with E-state index in [9.17, 15) is 4.79 Å². The molecule has 1 saturated heterocycles. The van der Waals surface area contributed by atoms with Gasteiger partial charge in [0.25, 0.3) is 5.91 Å². The minimum Gasteiger partial charge on any atom is -0.451 e. The second-order valence-electron chi connectivity index (χ2n) is 6.44. The summed E-state index contributed by atoms with van der Waals surface area (Å²) in [4.78, 5) is 21.1. The molecule has 7 heteroatoms. The van der Waals surface area contributed by atoms with Gasteiger partial charge in [-0.2, -0.15) is 5.10 Å². The van der Waals surface area contributed by atoms with Crippen molar-refractivity contribution in [1.82, 2.24) is 24.6 Å². The van der Waals surface area contributed by atoms with E-state index in [1.165, 1.54) is 38.6 Å². The molecule has 2 aliphatic rings. The summed E-state index contributed by atoms with van der Waals surface area (Å²) < 4.78 is 7.00. The predicted octanol–water partition coefficient (Wildman–Crippen LogP) is 1.24. The molecular formula is C16H21N5O2. The Labute approximate surface area is 134 Å². The Morgan fingerprint density at radius 1 is 1.30 bits per heavy atom. The zero-order valence-electron chi connectivity index (χ0n) is 13.1. The molecule has 4 rings (SSSR count). The van der Waals surface area contributed by atoms with E-state index in [2.05, 4.69) is 15.0 Å². The largest absolute Gasteiger partial charge is 0.451 e. The van der Waals surface area contributed by atoms with Crippen molar-refractivity contribution in [3.05, 3.63) is 36.3 Å². The van der Waals surface area contributed by atoms with Crippen LogP contribution >= 0.6 is 0 Å². The summed E-state index contributed by atoms with van der Waals surface area (Å²) in [6, 6.07) is 1.99. The van der Waals surface area contributed by atoms with Gasteiger partial charge in [0.05, 0.1) is 12.2 Å². The van der Waals surface area contributed by atoms with Gasteiger partial charge in [-0.25, -0.2) is 4.98 Å². The number of likely N-dealkylation sites (tertiary alicyclic amines) is 1. The van der Waals surface area contributed by atoms with Crippen molar-refractivity contribution in [2.75, 3.05) is 26.2 Å². The molecule has 0 radical (unpaired) electrons. The minimum atomic E-state index is -0.0696. The fourth-order valence-electron chi connectivity index (χ4n) is 3.61. The lowest BCUT2D eigenvalue weighted by Crippen LogP contribution is -2.38. The Morgan fingerprint density at radius 2 is 2.17 bits per heavy atom. The Bertz CT molecular complexity index is 660. The SMILES string of the molecule is O=C(c1cocn1)N1Cc2ccnn2CC(CN2CCCC2)C1. The molecule has 2 aliphatic heterocycles. The van der Waals surface area contributed by atoms with Crippen LogP contribution in [0.4, 0.5) is 0 Å². The van der Waals surface area contributed by atoms with Crippen molar-refractivity contribution in [1.29, 1.82) is 0 Å². The van der Waals surface area contributed by atoms with Crippen LogP contribution in [0.5, 0.6) is 0 Å². The number of carbonyl (C=O) groups excluding carboxylic acids is 1. The standard InChI is InChI=1S/C16H21N5O2/c22-16(15-11-23-12-17-15)20-8-13(7-19-5-1-2-6-19)9-21-14(10-20)3-4-18-21/h3-4,11-13H,1-2,5-10H2. The number of nitrogens with zero attached hydrogens (tertiary/aromatic N) is 5. The third-order valence-electron chi connectivity index (χ3n) is 4.72. The molecule has 1 atom stereocenters. The number of hydrogen-bond donors (Lipinski definition) is 0. The maximum absolute atomic E-state index is 12.7. The average molecular weight is 315 g/mol. The van der Waals surface area contributed by atoms with E-state index in [4.69, 9.17) is 4.42 Å². The molecule has 1 fully saturated rings. The molecule has 7 nitrogen and oxygen atoms in total. The molecule has 2 aromatic heterocycles. The molecule has 0 aromatic carbocycles. The van der Waals surface area contributed by atoms with Crippen LogP contribution < -0.4 is 0 Å². The van der Waals surface area contributed by atoms with E-state index in [1.54, 1.807) is 0 Å². The summed E-state index contributed by atoms with van der Waals surface area (Å²) in [5.74, 6) is 0.310. The predicted molar refractivity (Wildman–Crippen MR) is 82.6 cm³/mol. The third-order valence-corrected chi connectivity index (χ3v) is 4.72. The van der Waals surface area contributed by atoms with E-state index >= 15 is 0 Å². The molecule has 0 N–H and O–H groups in total. The van der Waals surface area contributed by atoms with Crippen LogP contribution in [-0.4, -0.2) is 56.7 Å². The number of oxazole rings is 1. The van der Waals surface area contributed by atoms with Gasteiger partial charge in [-0.1, -0.05) is 0 Å². The summed E-state index contributed by atoms with van der Waals surface area (Å²) in [7, 11) is 0. The van der Waals surface area contributed by atoms with Gasteiger partial charge in [0.2, 0.25) is 0 Å². The molecule has 23 heavy (non-hydrogen) atoms. The third kappa shape index (κ3) is 3.01. The molecule has 0 aliphatic carbocycles. The first kappa shape index (κ1) is 14.4. The van der Waals surface area contributed by atoms with Gasteiger partial charge >= 0.3 is 0 Å². The normalized spacial score (nSPS) is 22.1. The second-order valence-corrected chi connectivity index (χ2v) is 6.44. The van der Waals surface area contributed by atoms with E-state index in [0.717, 1.165) is 25.3 Å². The van der Waals surface area contributed by atoms with Gasteiger partial charge in [0, 0.05) is 31.7 Å². The fourth-order valence-corrected chi connectivity index (χ4v) is 3.61. The quantitative estimate of drug-likeness (QED) is 0.852. The van der Waals surface area contributed by atoms with Gasteiger partial charge in [-0.3, -0.25) is 9.48 Å². The Hall–Kier alpha value is -2.15. The van der Waals surface area contributed by atoms with Gasteiger partial charge < -0.3 is 14.2 Å². The van der Waals surface area contributed by atoms with Crippen molar-refractivity contribution >= 4 is 5.91 Å². The highest BCUT2D eigenvalue weighted by molar-refractivity contribution is 5.91. The molecule has 2 aromatic rings. The van der Waals surface area contributed by atoms with Gasteiger partial charge in [-0.05, 0) is 32.0 Å². The highest BCUT2D eigenvalue weighted by Crippen LogP contribution is 2.20. The van der Waals surface area contributed by atoms with Crippen LogP contribution in [0.3, 0.4) is 0 Å². The number of fused-ring (bicyclic) bond motifs is 1. The lowest BCUT2D eigenvalue weighted by Gasteiger charge is -2.26. The molecule has 122 valence electrons. The summed E-state index contributed by atoms with van der Waals surface area (Å²) in [6.07, 6.45) is 7.09. The van der Waals surface area contributed by atoms with Crippen LogP contribution in [0.25, 0.3) is 0 Å². The monoisotopic (exact) mass is 315 g/mol. The summed E-state index contributed by atoms with van der Waals surface area (Å²) in [5.41, 5.74) is 1.45. The summed E-state index contributed by atoms with van der Waals surface area (Å²) in [5, 5.41) is 4.42. The molecule has 1 amide bonds. The average Bonchev–Trinajstić information content (AvgIpc) is 3.28. The van der Waals surface area contributed by atoms with Gasteiger partial charge in [-0.15, -0.1) is 0 Å². The van der Waals surface area contributed by atoms with E-state index in [1.807, 2.05) is 21.8 Å². The van der Waals surface area contributed by atoms with Gasteiger partial charge in [0.1, 0.15) is 6.26 Å². The maximum atomic E-state index is 12.7. The zero-order chi connectivity index (χ0) is 15.6. The van der Waals surface area contributed by atoms with Crippen molar-refractivity contribution < 1.29 is 9.21 Å². The van der Waals surface area contributed by atoms with E-state index in [0.29, 0.717) is 18.2 Å². The molecule has 1 unspecified atom stereocenters. The number of hydrogen-bond acceptors (Lipinski definition) is 5. The number of rotatable bonds is 3. The maximum Gasteiger partial charge on any atom is 0.276 e. The van der Waals surface area contributed by atoms with E-state index < -0.39 is 0 Å². The fraction of sp³-hybridized carbons (Fsp3) is 0.562. The second kappa shape index (κ2) is 6.16. The van der Waals surface area contributed by atoms with Crippen LogP contribution in [0.2, 0.25) is 0 Å².